The van der Waals surface area contributed by atoms with Crippen LogP contribution in [0.15, 0.2) is 73.6 Å². The lowest BCUT2D eigenvalue weighted by atomic mass is 10.1. The molecule has 2 heterocycles. The minimum Gasteiger partial charge on any atom is -0.380 e. The van der Waals surface area contributed by atoms with E-state index in [1.165, 1.54) is 18.2 Å². The lowest BCUT2D eigenvalue weighted by Crippen LogP contribution is -2.13. The maximum absolute atomic E-state index is 13.2. The zero-order valence-corrected chi connectivity index (χ0v) is 15.6. The smallest absolute Gasteiger partial charge is 0.380 e. The number of alkyl halides is 3. The highest BCUT2D eigenvalue weighted by molar-refractivity contribution is 5.89. The Balaban J connectivity index is 1.58. The molecule has 0 bridgehead atoms. The average Bonchev–Trinajstić information content (AvgIpc) is 3.16. The van der Waals surface area contributed by atoms with E-state index in [1.54, 1.807) is 41.3 Å². The number of rotatable bonds is 5. The van der Waals surface area contributed by atoms with Gasteiger partial charge in [0.2, 0.25) is 0 Å². The van der Waals surface area contributed by atoms with E-state index in [2.05, 4.69) is 22.0 Å². The third-order valence-corrected chi connectivity index (χ3v) is 4.61. The largest absolute Gasteiger partial charge is 0.416 e. The first-order valence-corrected chi connectivity index (χ1v) is 9.01. The Bertz CT molecular complexity index is 1210. The third-order valence-electron chi connectivity index (χ3n) is 4.61. The summed E-state index contributed by atoms with van der Waals surface area (Å²) in [6.07, 6.45) is -1.18. The van der Waals surface area contributed by atoms with E-state index in [-0.39, 0.29) is 12.4 Å². The van der Waals surface area contributed by atoms with Gasteiger partial charge in [-0.3, -0.25) is 4.98 Å². The Hall–Kier alpha value is -3.68. The minimum absolute atomic E-state index is 0.160. The molecule has 0 unspecified atom stereocenters. The second-order valence-corrected chi connectivity index (χ2v) is 6.66. The van der Waals surface area contributed by atoms with Crippen LogP contribution in [0.1, 0.15) is 16.8 Å². The molecule has 0 aliphatic rings. The topological polar surface area (TPSA) is 42.7 Å². The highest BCUT2D eigenvalue weighted by atomic mass is 19.4. The number of hydrogen-bond acceptors (Lipinski definition) is 3. The van der Waals surface area contributed by atoms with Crippen molar-refractivity contribution in [2.24, 2.45) is 0 Å². The molecule has 8 heteroatoms. The van der Waals surface area contributed by atoms with Gasteiger partial charge in [0.15, 0.2) is 0 Å². The zero-order valence-electron chi connectivity index (χ0n) is 15.6. The molecule has 2 aromatic carbocycles. The fourth-order valence-corrected chi connectivity index (χ4v) is 3.13. The minimum atomic E-state index is -4.39. The molecule has 0 amide bonds. The van der Waals surface area contributed by atoms with E-state index >= 15 is 0 Å². The van der Waals surface area contributed by atoms with Crippen molar-refractivity contribution in [3.63, 3.8) is 0 Å². The molecular weight excluding hydrogens is 396 g/mol. The van der Waals surface area contributed by atoms with E-state index in [1.807, 2.05) is 0 Å². The van der Waals surface area contributed by atoms with Gasteiger partial charge in [-0.2, -0.15) is 18.3 Å². The average molecular weight is 412 g/mol. The summed E-state index contributed by atoms with van der Waals surface area (Å²) in [7, 11) is 0. The molecule has 1 N–H and O–H groups in total. The summed E-state index contributed by atoms with van der Waals surface area (Å²) in [4.78, 5) is 4.34. The van der Waals surface area contributed by atoms with Gasteiger partial charge in [-0.05, 0) is 48.0 Å². The first-order chi connectivity index (χ1) is 14.3. The van der Waals surface area contributed by atoms with Gasteiger partial charge in [-0.15, -0.1) is 0 Å². The van der Waals surface area contributed by atoms with Gasteiger partial charge in [-0.25, -0.2) is 9.07 Å². The molecule has 0 saturated heterocycles. The molecule has 0 aliphatic carbocycles. The van der Waals surface area contributed by atoms with Crippen LogP contribution in [0, 0.1) is 5.82 Å². The number of hydrogen-bond donors (Lipinski definition) is 1. The van der Waals surface area contributed by atoms with Crippen LogP contribution in [-0.4, -0.2) is 14.8 Å². The van der Waals surface area contributed by atoms with E-state index in [0.717, 1.165) is 17.6 Å². The molecule has 4 nitrogen and oxygen atoms in total. The molecule has 30 heavy (non-hydrogen) atoms. The monoisotopic (exact) mass is 412 g/mol. The summed E-state index contributed by atoms with van der Waals surface area (Å²) in [6, 6.07) is 12.8. The molecule has 2 aromatic heterocycles. The van der Waals surface area contributed by atoms with Gasteiger partial charge >= 0.3 is 6.18 Å². The van der Waals surface area contributed by atoms with Crippen molar-refractivity contribution in [1.29, 1.82) is 0 Å². The lowest BCUT2D eigenvalue weighted by molar-refractivity contribution is -0.137. The number of benzene rings is 2. The van der Waals surface area contributed by atoms with E-state index in [4.69, 9.17) is 0 Å². The van der Waals surface area contributed by atoms with Crippen molar-refractivity contribution in [2.75, 3.05) is 0 Å². The SMILES string of the molecule is C=C(NCc1cccc(C(F)(F)F)c1)c1nccc2c1cnn2-c1ccc(F)cc1. The zero-order chi connectivity index (χ0) is 21.3. The van der Waals surface area contributed by atoms with Crippen LogP contribution in [-0.2, 0) is 12.7 Å². The van der Waals surface area contributed by atoms with Crippen LogP contribution in [0.4, 0.5) is 17.6 Å². The molecule has 0 saturated carbocycles. The van der Waals surface area contributed by atoms with Gasteiger partial charge in [0.1, 0.15) is 5.82 Å². The predicted octanol–water partition coefficient (Wildman–Crippen LogP) is 5.34. The van der Waals surface area contributed by atoms with Gasteiger partial charge < -0.3 is 5.32 Å². The Morgan fingerprint density at radius 1 is 1.07 bits per heavy atom. The van der Waals surface area contributed by atoms with Crippen molar-refractivity contribution in [2.45, 2.75) is 12.7 Å². The molecule has 4 aromatic rings. The number of nitrogens with zero attached hydrogens (tertiary/aromatic N) is 3. The number of halogens is 4. The normalized spacial score (nSPS) is 11.6. The van der Waals surface area contributed by atoms with Crippen molar-refractivity contribution in [3.05, 3.63) is 96.2 Å². The summed E-state index contributed by atoms with van der Waals surface area (Å²) in [6.45, 7) is 4.13. The fraction of sp³-hybridized carbons (Fsp3) is 0.0909. The summed E-state index contributed by atoms with van der Waals surface area (Å²) in [5.41, 5.74) is 2.19. The summed E-state index contributed by atoms with van der Waals surface area (Å²) in [5.74, 6) is -0.343. The first-order valence-electron chi connectivity index (χ1n) is 9.01. The number of fused-ring (bicyclic) bond motifs is 1. The Kier molecular flexibility index (Phi) is 4.99. The third kappa shape index (κ3) is 3.89. The molecular formula is C22H16F4N4. The van der Waals surface area contributed by atoms with Gasteiger partial charge in [-0.1, -0.05) is 18.7 Å². The van der Waals surface area contributed by atoms with Crippen LogP contribution >= 0.6 is 0 Å². The molecule has 0 radical (unpaired) electrons. The standard InChI is InChI=1S/C22H16F4N4/c1-14(28-12-15-3-2-4-16(11-15)22(24,25)26)21-19-13-29-30(20(19)9-10-27-21)18-7-5-17(23)6-8-18/h2-11,13,28H,1,12H2. The van der Waals surface area contributed by atoms with E-state index in [9.17, 15) is 17.6 Å². The van der Waals surface area contributed by atoms with E-state index in [0.29, 0.717) is 28.0 Å². The summed E-state index contributed by atoms with van der Waals surface area (Å²) < 4.78 is 53.5. The summed E-state index contributed by atoms with van der Waals surface area (Å²) >= 11 is 0. The first kappa shape index (κ1) is 19.6. The van der Waals surface area contributed by atoms with Gasteiger partial charge in [0, 0.05) is 18.1 Å². The molecule has 0 fully saturated rings. The fourth-order valence-electron chi connectivity index (χ4n) is 3.13. The van der Waals surface area contributed by atoms with Crippen LogP contribution in [0.2, 0.25) is 0 Å². The van der Waals surface area contributed by atoms with Gasteiger partial charge in [0.25, 0.3) is 0 Å². The summed E-state index contributed by atoms with van der Waals surface area (Å²) in [5, 5.41) is 8.10. The van der Waals surface area contributed by atoms with Crippen molar-refractivity contribution < 1.29 is 17.6 Å². The second-order valence-electron chi connectivity index (χ2n) is 6.66. The van der Waals surface area contributed by atoms with Gasteiger partial charge in [0.05, 0.1) is 34.4 Å². The maximum atomic E-state index is 13.2. The van der Waals surface area contributed by atoms with Crippen LogP contribution in [0.25, 0.3) is 22.3 Å². The maximum Gasteiger partial charge on any atom is 0.416 e. The van der Waals surface area contributed by atoms with Crippen LogP contribution in [0.5, 0.6) is 0 Å². The number of nitrogens with one attached hydrogen (secondary N) is 1. The second kappa shape index (κ2) is 7.62. The molecule has 0 atom stereocenters. The number of aromatic nitrogens is 3. The van der Waals surface area contributed by atoms with Crippen molar-refractivity contribution in [1.82, 2.24) is 20.1 Å². The highest BCUT2D eigenvalue weighted by Crippen LogP contribution is 2.30. The quantitative estimate of drug-likeness (QED) is 0.450. The predicted molar refractivity (Wildman–Crippen MR) is 106 cm³/mol. The van der Waals surface area contributed by atoms with E-state index < -0.39 is 11.7 Å². The Morgan fingerprint density at radius 2 is 1.83 bits per heavy atom. The Morgan fingerprint density at radius 3 is 2.57 bits per heavy atom. The molecule has 0 aliphatic heterocycles. The molecule has 4 rings (SSSR count). The lowest BCUT2D eigenvalue weighted by Gasteiger charge is -2.12. The highest BCUT2D eigenvalue weighted by Gasteiger charge is 2.30. The van der Waals surface area contributed by atoms with Crippen molar-refractivity contribution in [3.8, 4) is 5.69 Å². The Labute approximate surface area is 169 Å². The van der Waals surface area contributed by atoms with Crippen LogP contribution < -0.4 is 5.32 Å². The molecule has 0 spiro atoms. The molecule has 152 valence electrons. The van der Waals surface area contributed by atoms with Crippen LogP contribution in [0.3, 0.4) is 0 Å². The van der Waals surface area contributed by atoms with Crippen molar-refractivity contribution >= 4 is 16.6 Å². The number of pyridine rings is 1.